The van der Waals surface area contributed by atoms with Crippen molar-refractivity contribution in [2.24, 2.45) is 0 Å². The Kier molecular flexibility index (Phi) is 1.70. The zero-order valence-corrected chi connectivity index (χ0v) is 7.65. The summed E-state index contributed by atoms with van der Waals surface area (Å²) in [7, 11) is 0. The van der Waals surface area contributed by atoms with Gasteiger partial charge in [0, 0.05) is 6.92 Å². The molecule has 0 amide bonds. The normalized spacial score (nSPS) is 31.5. The van der Waals surface area contributed by atoms with Gasteiger partial charge in [0.05, 0.1) is 0 Å². The van der Waals surface area contributed by atoms with Gasteiger partial charge < -0.3 is 14.6 Å². The Bertz CT molecular complexity index is 320. The fraction of sp³-hybridized carbons (Fsp3) is 0.400. The van der Waals surface area contributed by atoms with E-state index in [1.54, 1.807) is 19.9 Å². The predicted molar refractivity (Wildman–Crippen MR) is 47.8 cm³/mol. The van der Waals surface area contributed by atoms with Crippen molar-refractivity contribution >= 4 is 0 Å². The molecule has 1 N–H and O–H groups in total. The van der Waals surface area contributed by atoms with Gasteiger partial charge in [-0.3, -0.25) is 0 Å². The van der Waals surface area contributed by atoms with E-state index < -0.39 is 5.79 Å². The van der Waals surface area contributed by atoms with Crippen LogP contribution >= 0.6 is 0 Å². The van der Waals surface area contributed by atoms with Crippen molar-refractivity contribution in [3.8, 4) is 11.5 Å². The van der Waals surface area contributed by atoms with Crippen LogP contribution in [-0.2, 0) is 0 Å². The summed E-state index contributed by atoms with van der Waals surface area (Å²) in [5, 5.41) is 9.74. The molecule has 2 rings (SSSR count). The third kappa shape index (κ3) is 1.35. The third-order valence-corrected chi connectivity index (χ3v) is 2.22. The van der Waals surface area contributed by atoms with E-state index in [4.69, 9.17) is 9.47 Å². The number of ether oxygens (including phenoxy) is 2. The fourth-order valence-electron chi connectivity index (χ4n) is 1.24. The van der Waals surface area contributed by atoms with E-state index >= 15 is 0 Å². The number of fused-ring (bicyclic) bond motifs is 1. The van der Waals surface area contributed by atoms with Crippen LogP contribution in [0.25, 0.3) is 0 Å². The maximum atomic E-state index is 9.74. The van der Waals surface area contributed by atoms with E-state index in [0.717, 1.165) is 0 Å². The Balaban J connectivity index is 2.39. The van der Waals surface area contributed by atoms with Crippen molar-refractivity contribution in [2.45, 2.75) is 25.7 Å². The summed E-state index contributed by atoms with van der Waals surface area (Å²) in [6.07, 6.45) is -0.359. The topological polar surface area (TPSA) is 38.7 Å². The SMILES string of the molecule is C[C@H]1Oc2ccccc2O[C@]1(C)O. The number of aliphatic hydroxyl groups is 1. The van der Waals surface area contributed by atoms with Crippen LogP contribution in [0.15, 0.2) is 24.3 Å². The molecule has 3 heteroatoms. The van der Waals surface area contributed by atoms with Crippen molar-refractivity contribution in [1.29, 1.82) is 0 Å². The molecule has 2 atom stereocenters. The monoisotopic (exact) mass is 180 g/mol. The van der Waals surface area contributed by atoms with Crippen LogP contribution in [0.1, 0.15) is 13.8 Å². The van der Waals surface area contributed by atoms with E-state index in [1.165, 1.54) is 0 Å². The van der Waals surface area contributed by atoms with Gasteiger partial charge in [0.25, 0.3) is 0 Å². The highest BCUT2D eigenvalue weighted by Crippen LogP contribution is 2.36. The molecule has 0 radical (unpaired) electrons. The van der Waals surface area contributed by atoms with Gasteiger partial charge >= 0.3 is 0 Å². The molecular weight excluding hydrogens is 168 g/mol. The van der Waals surface area contributed by atoms with Gasteiger partial charge in [0.1, 0.15) is 0 Å². The first-order valence-electron chi connectivity index (χ1n) is 4.27. The lowest BCUT2D eigenvalue weighted by Gasteiger charge is -2.36. The molecule has 0 aromatic heterocycles. The Labute approximate surface area is 76.9 Å². The van der Waals surface area contributed by atoms with Crippen molar-refractivity contribution in [1.82, 2.24) is 0 Å². The number of hydrogen-bond donors (Lipinski definition) is 1. The molecule has 70 valence electrons. The van der Waals surface area contributed by atoms with E-state index in [9.17, 15) is 5.11 Å². The van der Waals surface area contributed by atoms with Crippen LogP contribution in [-0.4, -0.2) is 17.0 Å². The largest absolute Gasteiger partial charge is 0.480 e. The summed E-state index contributed by atoms with van der Waals surface area (Å²) in [5.41, 5.74) is 0. The average molecular weight is 180 g/mol. The van der Waals surface area contributed by atoms with E-state index in [0.29, 0.717) is 11.5 Å². The molecule has 3 nitrogen and oxygen atoms in total. The van der Waals surface area contributed by atoms with Crippen molar-refractivity contribution < 1.29 is 14.6 Å². The second-order valence-corrected chi connectivity index (χ2v) is 3.36. The quantitative estimate of drug-likeness (QED) is 0.658. The lowest BCUT2D eigenvalue weighted by atomic mass is 10.1. The van der Waals surface area contributed by atoms with Crippen molar-refractivity contribution in [3.05, 3.63) is 24.3 Å². The number of benzene rings is 1. The summed E-state index contributed by atoms with van der Waals surface area (Å²) >= 11 is 0. The van der Waals surface area contributed by atoms with E-state index in [-0.39, 0.29) is 6.10 Å². The van der Waals surface area contributed by atoms with Gasteiger partial charge in [0.2, 0.25) is 5.79 Å². The Morgan fingerprint density at radius 2 is 1.92 bits per heavy atom. The molecule has 0 aliphatic carbocycles. The molecule has 1 aromatic carbocycles. The fourth-order valence-corrected chi connectivity index (χ4v) is 1.24. The molecule has 0 spiro atoms. The van der Waals surface area contributed by atoms with Gasteiger partial charge in [-0.2, -0.15) is 0 Å². The standard InChI is InChI=1S/C10H12O3/c1-7-10(2,11)13-9-6-4-3-5-8(9)12-7/h3-7,11H,1-2H3/t7-,10+/m1/s1. The Morgan fingerprint density at radius 1 is 1.31 bits per heavy atom. The first-order valence-corrected chi connectivity index (χ1v) is 4.27. The zero-order valence-electron chi connectivity index (χ0n) is 7.65. The maximum Gasteiger partial charge on any atom is 0.242 e. The molecule has 1 aliphatic rings. The van der Waals surface area contributed by atoms with E-state index in [2.05, 4.69) is 0 Å². The van der Waals surface area contributed by atoms with Gasteiger partial charge in [-0.15, -0.1) is 0 Å². The first kappa shape index (κ1) is 8.38. The molecule has 0 bridgehead atoms. The third-order valence-electron chi connectivity index (χ3n) is 2.22. The highest BCUT2D eigenvalue weighted by molar-refractivity contribution is 5.41. The minimum absolute atomic E-state index is 0.359. The number of rotatable bonds is 0. The second kappa shape index (κ2) is 2.64. The summed E-state index contributed by atoms with van der Waals surface area (Å²) in [6.45, 7) is 3.36. The lowest BCUT2D eigenvalue weighted by molar-refractivity contribution is -0.194. The summed E-state index contributed by atoms with van der Waals surface area (Å²) in [6, 6.07) is 7.31. The smallest absolute Gasteiger partial charge is 0.242 e. The van der Waals surface area contributed by atoms with E-state index in [1.807, 2.05) is 18.2 Å². The van der Waals surface area contributed by atoms with Crippen LogP contribution in [0.5, 0.6) is 11.5 Å². The van der Waals surface area contributed by atoms with Crippen LogP contribution in [0.4, 0.5) is 0 Å². The molecule has 0 saturated carbocycles. The Morgan fingerprint density at radius 3 is 2.62 bits per heavy atom. The molecule has 1 heterocycles. The molecule has 1 aromatic rings. The zero-order chi connectivity index (χ0) is 9.47. The molecule has 0 unspecified atom stereocenters. The lowest BCUT2D eigenvalue weighted by Crippen LogP contribution is -2.48. The number of hydrogen-bond acceptors (Lipinski definition) is 3. The molecular formula is C10H12O3. The van der Waals surface area contributed by atoms with Crippen LogP contribution < -0.4 is 9.47 Å². The number of para-hydroxylation sites is 2. The molecule has 0 saturated heterocycles. The first-order chi connectivity index (χ1) is 6.09. The maximum absolute atomic E-state index is 9.74. The van der Waals surface area contributed by atoms with Crippen LogP contribution in [0.3, 0.4) is 0 Å². The van der Waals surface area contributed by atoms with Gasteiger partial charge in [0.15, 0.2) is 17.6 Å². The predicted octanol–water partition coefficient (Wildman–Crippen LogP) is 1.55. The second-order valence-electron chi connectivity index (χ2n) is 3.36. The molecule has 1 aliphatic heterocycles. The minimum Gasteiger partial charge on any atom is -0.480 e. The van der Waals surface area contributed by atoms with Gasteiger partial charge in [-0.25, -0.2) is 0 Å². The van der Waals surface area contributed by atoms with Gasteiger partial charge in [-0.1, -0.05) is 12.1 Å². The highest BCUT2D eigenvalue weighted by Gasteiger charge is 2.37. The molecule has 0 fully saturated rings. The minimum atomic E-state index is -1.24. The average Bonchev–Trinajstić information content (AvgIpc) is 2.06. The van der Waals surface area contributed by atoms with Crippen molar-refractivity contribution in [2.75, 3.05) is 0 Å². The highest BCUT2D eigenvalue weighted by atomic mass is 16.7. The van der Waals surface area contributed by atoms with Crippen LogP contribution in [0, 0.1) is 0 Å². The summed E-state index contributed by atoms with van der Waals surface area (Å²) in [5.74, 6) is 0.0288. The van der Waals surface area contributed by atoms with Crippen LogP contribution in [0.2, 0.25) is 0 Å². The Hall–Kier alpha value is -1.22. The summed E-state index contributed by atoms with van der Waals surface area (Å²) in [4.78, 5) is 0. The summed E-state index contributed by atoms with van der Waals surface area (Å²) < 4.78 is 10.8. The van der Waals surface area contributed by atoms with Gasteiger partial charge in [-0.05, 0) is 19.1 Å². The molecule has 13 heavy (non-hydrogen) atoms. The van der Waals surface area contributed by atoms with Crippen molar-refractivity contribution in [3.63, 3.8) is 0 Å².